The average Bonchev–Trinajstić information content (AvgIpc) is 3.53. The van der Waals surface area contributed by atoms with E-state index in [9.17, 15) is 19.5 Å². The third kappa shape index (κ3) is 8.33. The number of amides is 3. The number of aromatic nitrogens is 3. The van der Waals surface area contributed by atoms with Crippen LogP contribution in [0.5, 0.6) is 5.75 Å². The van der Waals surface area contributed by atoms with Gasteiger partial charge in [-0.15, -0.1) is 10.2 Å². The van der Waals surface area contributed by atoms with E-state index in [1.165, 1.54) is 11.1 Å². The summed E-state index contributed by atoms with van der Waals surface area (Å²) in [6.07, 6.45) is 6.93. The van der Waals surface area contributed by atoms with Crippen molar-refractivity contribution >= 4 is 40.7 Å². The van der Waals surface area contributed by atoms with Crippen LogP contribution >= 0.6 is 0 Å². The van der Waals surface area contributed by atoms with E-state index in [1.54, 1.807) is 12.1 Å². The fourth-order valence-corrected chi connectivity index (χ4v) is 10.00. The van der Waals surface area contributed by atoms with Crippen LogP contribution in [0.15, 0.2) is 72.9 Å². The molecule has 15 heteroatoms. The molecule has 4 N–H and O–H groups in total. The van der Waals surface area contributed by atoms with Crippen LogP contribution in [0.3, 0.4) is 0 Å². The molecule has 2 aromatic carbocycles. The number of hydrogen-bond acceptors (Lipinski definition) is 13. The van der Waals surface area contributed by atoms with Gasteiger partial charge in [0.15, 0.2) is 5.82 Å². The van der Waals surface area contributed by atoms with Gasteiger partial charge >= 0.3 is 0 Å². The first kappa shape index (κ1) is 39.6. The molecule has 5 aliphatic heterocycles. The fraction of sp³-hybridized carbons (Fsp3) is 0.467. The van der Waals surface area contributed by atoms with Crippen LogP contribution < -0.4 is 25.8 Å². The largest absolute Gasteiger partial charge is 0.507 e. The standard InChI is InChI=1S/C45H55N11O4/c1-51(38-11-12-42(58)48-45(38)60)33-6-4-5-32(24-33)31-14-17-52(18-15-31)29-43(59)54-21-19-53(20-22-54)26-30-13-16-47-41(23-30)56-34-9-10-35(56)28-55(27-34)39-25-37(49-50-44(39)46)36-7-2-3-8-40(36)57/h2-8,13,16,23-25,31,34-35,38,57H,9-12,14-15,17-22,26-29H2,1H3,(H2,46,50)(H,48,58,60)/t34-,35+,38?. The van der Waals surface area contributed by atoms with Crippen molar-refractivity contribution < 1.29 is 19.5 Å². The summed E-state index contributed by atoms with van der Waals surface area (Å²) in [5.41, 5.74) is 11.9. The van der Waals surface area contributed by atoms with Crippen molar-refractivity contribution in [1.29, 1.82) is 0 Å². The van der Waals surface area contributed by atoms with Crippen LogP contribution in [-0.2, 0) is 20.9 Å². The van der Waals surface area contributed by atoms with Crippen LogP contribution in [0.2, 0.25) is 0 Å². The van der Waals surface area contributed by atoms with Gasteiger partial charge in [-0.1, -0.05) is 24.3 Å². The Balaban J connectivity index is 0.741. The second-order valence-corrected chi connectivity index (χ2v) is 17.1. The van der Waals surface area contributed by atoms with Crippen molar-refractivity contribution in [1.82, 2.24) is 35.2 Å². The Morgan fingerprint density at radius 2 is 1.63 bits per heavy atom. The van der Waals surface area contributed by atoms with Gasteiger partial charge in [-0.3, -0.25) is 29.5 Å². The number of hydrogen-bond donors (Lipinski definition) is 3. The number of aromatic hydroxyl groups is 1. The third-order valence-electron chi connectivity index (χ3n) is 13.4. The summed E-state index contributed by atoms with van der Waals surface area (Å²) in [7, 11) is 1.92. The normalized spacial score (nSPS) is 22.9. The van der Waals surface area contributed by atoms with Crippen molar-refractivity contribution in [3.05, 3.63) is 84.1 Å². The van der Waals surface area contributed by atoms with E-state index in [-0.39, 0.29) is 41.6 Å². The minimum Gasteiger partial charge on any atom is -0.507 e. The van der Waals surface area contributed by atoms with Gasteiger partial charge in [0.25, 0.3) is 0 Å². The van der Waals surface area contributed by atoms with Crippen molar-refractivity contribution in [3.63, 3.8) is 0 Å². The van der Waals surface area contributed by atoms with Gasteiger partial charge in [-0.2, -0.15) is 0 Å². The molecule has 2 aromatic heterocycles. The lowest BCUT2D eigenvalue weighted by molar-refractivity contribution is -0.135. The summed E-state index contributed by atoms with van der Waals surface area (Å²) in [5.74, 6) is 1.74. The monoisotopic (exact) mass is 813 g/mol. The molecule has 1 unspecified atom stereocenters. The number of carbonyl (C=O) groups excluding carboxylic acids is 3. The number of nitrogens with two attached hydrogens (primary N) is 1. The molecule has 0 saturated carbocycles. The summed E-state index contributed by atoms with van der Waals surface area (Å²) in [5, 5.41) is 21.4. The molecule has 5 aliphatic rings. The highest BCUT2D eigenvalue weighted by Gasteiger charge is 2.41. The molecule has 3 amide bonds. The molecule has 15 nitrogen and oxygen atoms in total. The summed E-state index contributed by atoms with van der Waals surface area (Å²) in [4.78, 5) is 56.0. The van der Waals surface area contributed by atoms with Crippen LogP contribution in [0, 0.1) is 0 Å². The Bertz CT molecular complexity index is 2210. The Labute approximate surface area is 351 Å². The van der Waals surface area contributed by atoms with Crippen molar-refractivity contribution in [3.8, 4) is 17.0 Å². The maximum atomic E-state index is 13.5. The van der Waals surface area contributed by atoms with Crippen LogP contribution in [0.4, 0.5) is 23.0 Å². The lowest BCUT2D eigenvalue weighted by Crippen LogP contribution is -2.54. The first-order chi connectivity index (χ1) is 29.2. The van der Waals surface area contributed by atoms with Crippen LogP contribution in [-0.4, -0.2) is 137 Å². The minimum absolute atomic E-state index is 0.164. The number of benzene rings is 2. The number of anilines is 4. The number of nitrogens with zero attached hydrogens (tertiary/aromatic N) is 9. The number of phenolic OH excluding ortho intramolecular Hbond substituents is 1. The Kier molecular flexibility index (Phi) is 11.3. The number of pyridine rings is 1. The van der Waals surface area contributed by atoms with Crippen molar-refractivity contribution in [2.45, 2.75) is 69.1 Å². The Hall–Kier alpha value is -5.80. The van der Waals surface area contributed by atoms with E-state index in [2.05, 4.69) is 65.4 Å². The predicted molar refractivity (Wildman–Crippen MR) is 231 cm³/mol. The Morgan fingerprint density at radius 1 is 0.867 bits per heavy atom. The van der Waals surface area contributed by atoms with E-state index < -0.39 is 0 Å². The van der Waals surface area contributed by atoms with Crippen molar-refractivity contribution in [2.75, 3.05) is 86.4 Å². The number of piperazine rings is 2. The van der Waals surface area contributed by atoms with Gasteiger partial charge in [0, 0.05) is 88.8 Å². The molecular weight excluding hydrogens is 759 g/mol. The molecular formula is C45H55N11O4. The molecule has 0 spiro atoms. The zero-order chi connectivity index (χ0) is 41.3. The number of para-hydroxylation sites is 1. The quantitative estimate of drug-likeness (QED) is 0.200. The molecule has 5 fully saturated rings. The topological polar surface area (TPSA) is 168 Å². The number of carbonyl (C=O) groups is 3. The predicted octanol–water partition coefficient (Wildman–Crippen LogP) is 3.45. The third-order valence-corrected chi connectivity index (χ3v) is 13.4. The zero-order valence-electron chi connectivity index (χ0n) is 34.3. The second kappa shape index (κ2) is 17.1. The molecule has 3 atom stereocenters. The molecule has 0 aliphatic carbocycles. The first-order valence-corrected chi connectivity index (χ1v) is 21.5. The second-order valence-electron chi connectivity index (χ2n) is 17.1. The van der Waals surface area contributed by atoms with E-state index in [0.29, 0.717) is 42.4 Å². The first-order valence-electron chi connectivity index (χ1n) is 21.5. The van der Waals surface area contributed by atoms with Crippen LogP contribution in [0.25, 0.3) is 11.3 Å². The highest BCUT2D eigenvalue weighted by molar-refractivity contribution is 6.01. The molecule has 314 valence electrons. The zero-order valence-corrected chi connectivity index (χ0v) is 34.3. The summed E-state index contributed by atoms with van der Waals surface area (Å²) < 4.78 is 0. The van der Waals surface area contributed by atoms with E-state index in [1.807, 2.05) is 47.3 Å². The molecule has 5 saturated heterocycles. The van der Waals surface area contributed by atoms with Crippen LogP contribution in [0.1, 0.15) is 55.6 Å². The molecule has 9 rings (SSSR count). The number of likely N-dealkylation sites (N-methyl/N-ethyl adjacent to an activating group) is 1. The fourth-order valence-electron chi connectivity index (χ4n) is 10.00. The number of likely N-dealkylation sites (tertiary alicyclic amines) is 1. The number of rotatable bonds is 10. The molecule has 60 heavy (non-hydrogen) atoms. The number of piperidine rings is 2. The van der Waals surface area contributed by atoms with E-state index in [4.69, 9.17) is 10.7 Å². The lowest BCUT2D eigenvalue weighted by Gasteiger charge is -2.43. The van der Waals surface area contributed by atoms with Crippen molar-refractivity contribution in [2.24, 2.45) is 0 Å². The smallest absolute Gasteiger partial charge is 0.249 e. The molecule has 2 bridgehead atoms. The van der Waals surface area contributed by atoms with E-state index >= 15 is 0 Å². The van der Waals surface area contributed by atoms with E-state index in [0.717, 1.165) is 102 Å². The SMILES string of the molecule is CN(c1cccc(C2CCN(CC(=O)N3CCN(Cc4ccnc(N5[C@@H]6CC[C@H]5CN(c5cc(-c7ccccc7O)nnc5N)C6)c4)CC3)CC2)c1)C1CCC(=O)NC1=O. The number of fused-ring (bicyclic) bond motifs is 2. The molecule has 4 aromatic rings. The van der Waals surface area contributed by atoms with Gasteiger partial charge in [0.1, 0.15) is 17.6 Å². The number of phenols is 1. The summed E-state index contributed by atoms with van der Waals surface area (Å²) >= 11 is 0. The molecule has 0 radical (unpaired) electrons. The average molecular weight is 814 g/mol. The summed E-state index contributed by atoms with van der Waals surface area (Å²) in [6.45, 7) is 7.75. The minimum atomic E-state index is -0.350. The lowest BCUT2D eigenvalue weighted by atomic mass is 9.89. The number of nitrogen functional groups attached to an aromatic ring is 1. The maximum Gasteiger partial charge on any atom is 0.249 e. The summed E-state index contributed by atoms with van der Waals surface area (Å²) in [6, 6.07) is 22.1. The van der Waals surface area contributed by atoms with Gasteiger partial charge in [0.05, 0.1) is 17.9 Å². The Morgan fingerprint density at radius 3 is 2.38 bits per heavy atom. The van der Waals surface area contributed by atoms with Gasteiger partial charge < -0.3 is 30.4 Å². The highest BCUT2D eigenvalue weighted by atomic mass is 16.3. The highest BCUT2D eigenvalue weighted by Crippen LogP contribution is 2.39. The maximum absolute atomic E-state index is 13.5. The van der Waals surface area contributed by atoms with Gasteiger partial charge in [0.2, 0.25) is 17.7 Å². The van der Waals surface area contributed by atoms with Gasteiger partial charge in [-0.05, 0) is 105 Å². The van der Waals surface area contributed by atoms with Gasteiger partial charge in [-0.25, -0.2) is 4.98 Å². The number of nitrogens with one attached hydrogen (secondary N) is 1. The molecule has 7 heterocycles. The number of imide groups is 1.